The second-order valence-corrected chi connectivity index (χ2v) is 6.67. The lowest BCUT2D eigenvalue weighted by Crippen LogP contribution is -2.48. The molecule has 0 aliphatic carbocycles. The first kappa shape index (κ1) is 16.2. The molecule has 2 rings (SSSR count). The highest BCUT2D eigenvalue weighted by molar-refractivity contribution is 5.64. The van der Waals surface area contributed by atoms with E-state index in [4.69, 9.17) is 4.74 Å². The molecule has 1 unspecified atom stereocenters. The minimum absolute atomic E-state index is 0.204. The van der Waals surface area contributed by atoms with Crippen molar-refractivity contribution in [3.63, 3.8) is 0 Å². The second kappa shape index (κ2) is 6.27. The summed E-state index contributed by atoms with van der Waals surface area (Å²) in [7, 11) is 1.77. The molecule has 21 heavy (non-hydrogen) atoms. The van der Waals surface area contributed by atoms with E-state index in [1.807, 2.05) is 0 Å². The molecular weight excluding hydrogens is 260 g/mol. The van der Waals surface area contributed by atoms with Crippen LogP contribution in [0.3, 0.4) is 0 Å². The first-order chi connectivity index (χ1) is 9.94. The van der Waals surface area contributed by atoms with E-state index >= 15 is 0 Å². The zero-order chi connectivity index (χ0) is 15.6. The van der Waals surface area contributed by atoms with Gasteiger partial charge in [0.2, 0.25) is 0 Å². The van der Waals surface area contributed by atoms with Crippen molar-refractivity contribution in [3.05, 3.63) is 23.3 Å². The topological polar surface area (TPSA) is 24.5 Å². The zero-order valence-corrected chi connectivity index (χ0v) is 14.4. The summed E-state index contributed by atoms with van der Waals surface area (Å²) in [4.78, 5) is 2.52. The van der Waals surface area contributed by atoms with Gasteiger partial charge in [0.15, 0.2) is 0 Å². The fraction of sp³-hybridized carbons (Fsp3) is 0.667. The number of hydrogen-bond donors (Lipinski definition) is 1. The SMILES string of the molecule is CCNCc1cc2c(cc1OC)N(CC)C(C)(C)CC2C. The van der Waals surface area contributed by atoms with E-state index in [1.165, 1.54) is 23.2 Å². The number of nitrogens with zero attached hydrogens (tertiary/aromatic N) is 1. The van der Waals surface area contributed by atoms with E-state index in [0.29, 0.717) is 5.92 Å². The molecule has 118 valence electrons. The average Bonchev–Trinajstić information content (AvgIpc) is 2.44. The van der Waals surface area contributed by atoms with Crippen LogP contribution < -0.4 is 15.0 Å². The smallest absolute Gasteiger partial charge is 0.125 e. The number of rotatable bonds is 5. The molecule has 0 amide bonds. The lowest BCUT2D eigenvalue weighted by atomic mass is 9.79. The van der Waals surface area contributed by atoms with Crippen LogP contribution in [0.2, 0.25) is 0 Å². The van der Waals surface area contributed by atoms with Gasteiger partial charge in [-0.15, -0.1) is 0 Å². The summed E-state index contributed by atoms with van der Waals surface area (Å²) in [5.41, 5.74) is 4.28. The van der Waals surface area contributed by atoms with Crippen LogP contribution in [0.25, 0.3) is 0 Å². The molecule has 1 N–H and O–H groups in total. The highest BCUT2D eigenvalue weighted by Gasteiger charge is 2.36. The lowest BCUT2D eigenvalue weighted by Gasteiger charge is -2.47. The van der Waals surface area contributed by atoms with Gasteiger partial charge in [-0.25, -0.2) is 0 Å². The van der Waals surface area contributed by atoms with E-state index in [2.05, 4.69) is 57.0 Å². The molecule has 0 saturated carbocycles. The van der Waals surface area contributed by atoms with Crippen LogP contribution in [-0.2, 0) is 6.54 Å². The molecule has 1 aromatic carbocycles. The van der Waals surface area contributed by atoms with Crippen LogP contribution >= 0.6 is 0 Å². The van der Waals surface area contributed by atoms with E-state index in [0.717, 1.165) is 25.4 Å². The molecule has 1 aromatic rings. The predicted octanol–water partition coefficient (Wildman–Crippen LogP) is 3.92. The standard InChI is InChI=1S/C18H30N2O/c1-7-19-12-14-9-15-13(3)11-18(4,5)20(8-2)16(15)10-17(14)21-6/h9-10,13,19H,7-8,11-12H2,1-6H3. The summed E-state index contributed by atoms with van der Waals surface area (Å²) in [5.74, 6) is 1.59. The maximum absolute atomic E-state index is 5.64. The number of hydrogen-bond acceptors (Lipinski definition) is 3. The summed E-state index contributed by atoms with van der Waals surface area (Å²) >= 11 is 0. The van der Waals surface area contributed by atoms with Crippen molar-refractivity contribution in [1.29, 1.82) is 0 Å². The van der Waals surface area contributed by atoms with Crippen LogP contribution in [0.4, 0.5) is 5.69 Å². The van der Waals surface area contributed by atoms with E-state index in [9.17, 15) is 0 Å². The van der Waals surface area contributed by atoms with Gasteiger partial charge in [0.05, 0.1) is 7.11 Å². The fourth-order valence-corrected chi connectivity index (χ4v) is 3.74. The Morgan fingerprint density at radius 1 is 1.33 bits per heavy atom. The molecule has 0 aromatic heterocycles. The first-order valence-electron chi connectivity index (χ1n) is 8.13. The molecule has 1 heterocycles. The molecule has 0 bridgehead atoms. The Balaban J connectivity index is 2.50. The van der Waals surface area contributed by atoms with Gasteiger partial charge in [-0.2, -0.15) is 0 Å². The van der Waals surface area contributed by atoms with E-state index in [1.54, 1.807) is 7.11 Å². The van der Waals surface area contributed by atoms with Crippen LogP contribution in [0.1, 0.15) is 58.1 Å². The number of fused-ring (bicyclic) bond motifs is 1. The quantitative estimate of drug-likeness (QED) is 0.889. The van der Waals surface area contributed by atoms with Crippen molar-refractivity contribution in [3.8, 4) is 5.75 Å². The molecule has 3 heteroatoms. The molecule has 0 spiro atoms. The molecule has 0 radical (unpaired) electrons. The third-order valence-corrected chi connectivity index (χ3v) is 4.67. The van der Waals surface area contributed by atoms with Gasteiger partial charge in [0.25, 0.3) is 0 Å². The number of benzene rings is 1. The molecular formula is C18H30N2O. The maximum atomic E-state index is 5.64. The predicted molar refractivity (Wildman–Crippen MR) is 90.5 cm³/mol. The van der Waals surface area contributed by atoms with Crippen LogP contribution in [0.15, 0.2) is 12.1 Å². The van der Waals surface area contributed by atoms with Crippen molar-refractivity contribution in [1.82, 2.24) is 5.32 Å². The minimum atomic E-state index is 0.204. The van der Waals surface area contributed by atoms with Crippen LogP contribution in [0.5, 0.6) is 5.75 Å². The van der Waals surface area contributed by atoms with Gasteiger partial charge < -0.3 is 15.0 Å². The molecule has 1 atom stereocenters. The monoisotopic (exact) mass is 290 g/mol. The Kier molecular flexibility index (Phi) is 4.82. The normalized spacial score (nSPS) is 20.3. The third kappa shape index (κ3) is 3.03. The zero-order valence-electron chi connectivity index (χ0n) is 14.4. The lowest BCUT2D eigenvalue weighted by molar-refractivity contribution is 0.376. The van der Waals surface area contributed by atoms with Crippen molar-refractivity contribution >= 4 is 5.69 Å². The molecule has 1 aliphatic heterocycles. The number of anilines is 1. The van der Waals surface area contributed by atoms with Crippen LogP contribution in [-0.4, -0.2) is 25.7 Å². The Hall–Kier alpha value is -1.22. The summed E-state index contributed by atoms with van der Waals surface area (Å²) in [5, 5.41) is 3.41. The highest BCUT2D eigenvalue weighted by Crippen LogP contribution is 2.45. The summed E-state index contributed by atoms with van der Waals surface area (Å²) < 4.78 is 5.64. The Morgan fingerprint density at radius 3 is 2.62 bits per heavy atom. The molecule has 1 aliphatic rings. The van der Waals surface area contributed by atoms with Gasteiger partial charge in [-0.3, -0.25) is 0 Å². The van der Waals surface area contributed by atoms with Crippen LogP contribution in [0, 0.1) is 0 Å². The fourth-order valence-electron chi connectivity index (χ4n) is 3.74. The highest BCUT2D eigenvalue weighted by atomic mass is 16.5. The average molecular weight is 290 g/mol. The number of ether oxygens (including phenoxy) is 1. The van der Waals surface area contributed by atoms with Crippen molar-refractivity contribution in [2.24, 2.45) is 0 Å². The largest absolute Gasteiger partial charge is 0.496 e. The third-order valence-electron chi connectivity index (χ3n) is 4.67. The van der Waals surface area contributed by atoms with Gasteiger partial charge in [0, 0.05) is 35.9 Å². The van der Waals surface area contributed by atoms with Gasteiger partial charge in [-0.1, -0.05) is 13.8 Å². The Bertz CT molecular complexity index is 496. The summed E-state index contributed by atoms with van der Waals surface area (Å²) in [6, 6.07) is 4.59. The molecule has 0 saturated heterocycles. The van der Waals surface area contributed by atoms with Crippen molar-refractivity contribution in [2.75, 3.05) is 25.1 Å². The van der Waals surface area contributed by atoms with Gasteiger partial charge >= 0.3 is 0 Å². The number of nitrogens with one attached hydrogen (secondary N) is 1. The van der Waals surface area contributed by atoms with Gasteiger partial charge in [-0.05, 0) is 51.3 Å². The Morgan fingerprint density at radius 2 is 2.05 bits per heavy atom. The summed E-state index contributed by atoms with van der Waals surface area (Å²) in [6.07, 6.45) is 1.20. The maximum Gasteiger partial charge on any atom is 0.125 e. The summed E-state index contributed by atoms with van der Waals surface area (Å²) in [6.45, 7) is 14.3. The second-order valence-electron chi connectivity index (χ2n) is 6.67. The van der Waals surface area contributed by atoms with E-state index in [-0.39, 0.29) is 5.54 Å². The molecule has 3 nitrogen and oxygen atoms in total. The van der Waals surface area contributed by atoms with Crippen molar-refractivity contribution < 1.29 is 4.74 Å². The molecule has 0 fully saturated rings. The number of methoxy groups -OCH3 is 1. The van der Waals surface area contributed by atoms with E-state index < -0.39 is 0 Å². The first-order valence-corrected chi connectivity index (χ1v) is 8.13. The van der Waals surface area contributed by atoms with Crippen molar-refractivity contribution in [2.45, 2.75) is 59.0 Å². The Labute approximate surface area is 129 Å². The minimum Gasteiger partial charge on any atom is -0.496 e. The van der Waals surface area contributed by atoms with Gasteiger partial charge in [0.1, 0.15) is 5.75 Å².